The van der Waals surface area contributed by atoms with Crippen molar-refractivity contribution in [3.05, 3.63) is 0 Å². The minimum absolute atomic E-state index is 0.793. The molecule has 1 nitrogen and oxygen atoms in total. The second-order valence-electron chi connectivity index (χ2n) is 3.27. The zero-order valence-electron chi connectivity index (χ0n) is 8.02. The second-order valence-corrected chi connectivity index (χ2v) is 8.89. The molecule has 0 aliphatic heterocycles. The third kappa shape index (κ3) is 3.33. The Kier molecular flexibility index (Phi) is 5.76. The van der Waals surface area contributed by atoms with E-state index in [1.54, 1.807) is 0 Å². The van der Waals surface area contributed by atoms with Crippen LogP contribution in [0.3, 0.4) is 0 Å². The van der Waals surface area contributed by atoms with E-state index in [1.807, 2.05) is 0 Å². The molecule has 68 valence electrons. The summed E-state index contributed by atoms with van der Waals surface area (Å²) in [5.74, 6) is 0. The van der Waals surface area contributed by atoms with E-state index in [1.165, 1.54) is 24.6 Å². The molecule has 0 heterocycles. The Labute approximate surface area is 70.9 Å². The molecule has 0 radical (unpaired) electrons. The topological polar surface area (TPSA) is 17.1 Å². The van der Waals surface area contributed by atoms with Gasteiger partial charge in [0.15, 0.2) is 0 Å². The quantitative estimate of drug-likeness (QED) is 0.448. The van der Waals surface area contributed by atoms with Crippen molar-refractivity contribution >= 4 is 13.5 Å². The molecule has 0 fully saturated rings. The molecule has 0 saturated heterocycles. The Hall–Kier alpha value is 0.100. The maximum atomic E-state index is 10.2. The molecule has 0 N–H and O–H groups in total. The molecule has 0 aromatic carbocycles. The van der Waals surface area contributed by atoms with Crippen molar-refractivity contribution in [1.29, 1.82) is 0 Å². The summed E-state index contributed by atoms with van der Waals surface area (Å²) >= 11 is 0. The van der Waals surface area contributed by atoms with Crippen LogP contribution in [0.5, 0.6) is 0 Å². The predicted octanol–water partition coefficient (Wildman–Crippen LogP) is 2.39. The first-order chi connectivity index (χ1) is 5.24. The fourth-order valence-corrected chi connectivity index (χ4v) is 4.94. The molecule has 0 unspecified atom stereocenters. The summed E-state index contributed by atoms with van der Waals surface area (Å²) in [6.07, 6.45) is 7.10. The minimum atomic E-state index is -0.970. The standard InChI is InChI=1S/C9H21OP/c1-4-11(5-2,6-3)9-7-8-10/h8,11H,4-7,9H2,1-3H3. The number of hydrogen-bond acceptors (Lipinski definition) is 1. The summed E-state index contributed by atoms with van der Waals surface area (Å²) in [6, 6.07) is 0. The molecule has 0 rings (SSSR count). The monoisotopic (exact) mass is 176 g/mol. The van der Waals surface area contributed by atoms with Gasteiger partial charge in [0.1, 0.15) is 0 Å². The van der Waals surface area contributed by atoms with Gasteiger partial charge in [0.2, 0.25) is 0 Å². The van der Waals surface area contributed by atoms with Gasteiger partial charge in [0, 0.05) is 0 Å². The van der Waals surface area contributed by atoms with E-state index in [0.29, 0.717) is 0 Å². The molecule has 0 bridgehead atoms. The van der Waals surface area contributed by atoms with E-state index in [9.17, 15) is 4.79 Å². The molecule has 0 aliphatic rings. The molecule has 0 atom stereocenters. The van der Waals surface area contributed by atoms with Gasteiger partial charge in [-0.05, 0) is 0 Å². The van der Waals surface area contributed by atoms with Gasteiger partial charge in [-0.2, -0.15) is 0 Å². The zero-order chi connectivity index (χ0) is 8.74. The summed E-state index contributed by atoms with van der Waals surface area (Å²) < 4.78 is 0. The zero-order valence-corrected chi connectivity index (χ0v) is 9.02. The fraction of sp³-hybridized carbons (Fsp3) is 0.889. The van der Waals surface area contributed by atoms with Crippen LogP contribution in [0.2, 0.25) is 0 Å². The Morgan fingerprint density at radius 2 is 1.55 bits per heavy atom. The number of carbonyl (C=O) groups is 1. The van der Waals surface area contributed by atoms with E-state index in [2.05, 4.69) is 20.8 Å². The molecular weight excluding hydrogens is 155 g/mol. The summed E-state index contributed by atoms with van der Waals surface area (Å²) in [5, 5.41) is 0. The summed E-state index contributed by atoms with van der Waals surface area (Å²) in [4.78, 5) is 10.2. The third-order valence-electron chi connectivity index (χ3n) is 3.04. The SMILES string of the molecule is CC[PH](CC)(CC)CCC=O. The number of hydrogen-bond donors (Lipinski definition) is 0. The Bertz CT molecular complexity index is 99.9. The van der Waals surface area contributed by atoms with Crippen LogP contribution in [-0.2, 0) is 4.79 Å². The predicted molar refractivity (Wildman–Crippen MR) is 55.5 cm³/mol. The van der Waals surface area contributed by atoms with Crippen LogP contribution in [0.15, 0.2) is 0 Å². The Morgan fingerprint density at radius 3 is 1.82 bits per heavy atom. The van der Waals surface area contributed by atoms with E-state index >= 15 is 0 Å². The van der Waals surface area contributed by atoms with Crippen LogP contribution in [0.25, 0.3) is 0 Å². The molecule has 0 aromatic heterocycles. The number of rotatable bonds is 6. The fourth-order valence-electron chi connectivity index (χ4n) is 1.65. The normalized spacial score (nSPS) is 13.0. The molecule has 0 amide bonds. The first-order valence-electron chi connectivity index (χ1n) is 4.68. The average Bonchev–Trinajstić information content (AvgIpc) is 2.08. The van der Waals surface area contributed by atoms with Crippen molar-refractivity contribution in [1.82, 2.24) is 0 Å². The van der Waals surface area contributed by atoms with Gasteiger partial charge < -0.3 is 0 Å². The maximum absolute atomic E-state index is 10.2. The molecule has 11 heavy (non-hydrogen) atoms. The molecular formula is C9H21OP. The van der Waals surface area contributed by atoms with Gasteiger partial charge in [-0.25, -0.2) is 0 Å². The summed E-state index contributed by atoms with van der Waals surface area (Å²) in [5.41, 5.74) is 0. The van der Waals surface area contributed by atoms with E-state index in [-0.39, 0.29) is 0 Å². The van der Waals surface area contributed by atoms with Gasteiger partial charge in [-0.3, -0.25) is 0 Å². The third-order valence-corrected chi connectivity index (χ3v) is 8.89. The average molecular weight is 176 g/mol. The van der Waals surface area contributed by atoms with Crippen molar-refractivity contribution in [3.63, 3.8) is 0 Å². The van der Waals surface area contributed by atoms with Crippen LogP contribution < -0.4 is 0 Å². The first kappa shape index (κ1) is 11.1. The summed E-state index contributed by atoms with van der Waals surface area (Å²) in [7, 11) is -0.970. The van der Waals surface area contributed by atoms with E-state index in [0.717, 1.165) is 12.7 Å². The van der Waals surface area contributed by atoms with Gasteiger partial charge in [-0.1, -0.05) is 0 Å². The van der Waals surface area contributed by atoms with Crippen LogP contribution in [0.1, 0.15) is 27.2 Å². The van der Waals surface area contributed by atoms with Crippen molar-refractivity contribution < 1.29 is 4.79 Å². The van der Waals surface area contributed by atoms with E-state index in [4.69, 9.17) is 0 Å². The van der Waals surface area contributed by atoms with Crippen molar-refractivity contribution in [3.8, 4) is 0 Å². The molecule has 0 aliphatic carbocycles. The molecule has 0 aromatic rings. The van der Waals surface area contributed by atoms with Crippen molar-refractivity contribution in [2.75, 3.05) is 24.6 Å². The van der Waals surface area contributed by atoms with Gasteiger partial charge in [0.25, 0.3) is 0 Å². The summed E-state index contributed by atoms with van der Waals surface area (Å²) in [6.45, 7) is 6.85. The molecule has 0 saturated carbocycles. The van der Waals surface area contributed by atoms with Crippen LogP contribution in [-0.4, -0.2) is 30.9 Å². The Balaban J connectivity index is 3.93. The first-order valence-corrected chi connectivity index (χ1v) is 7.51. The second kappa shape index (κ2) is 5.71. The van der Waals surface area contributed by atoms with Crippen LogP contribution in [0, 0.1) is 0 Å². The number of aldehydes is 1. The van der Waals surface area contributed by atoms with Crippen molar-refractivity contribution in [2.24, 2.45) is 0 Å². The van der Waals surface area contributed by atoms with E-state index < -0.39 is 7.26 Å². The van der Waals surface area contributed by atoms with Crippen molar-refractivity contribution in [2.45, 2.75) is 27.2 Å². The van der Waals surface area contributed by atoms with Gasteiger partial charge in [-0.15, -0.1) is 0 Å². The molecule has 2 heteroatoms. The molecule has 0 spiro atoms. The number of carbonyl (C=O) groups excluding carboxylic acids is 1. The van der Waals surface area contributed by atoms with Crippen LogP contribution >= 0.6 is 7.26 Å². The van der Waals surface area contributed by atoms with Gasteiger partial charge in [0.05, 0.1) is 0 Å². The van der Waals surface area contributed by atoms with Gasteiger partial charge >= 0.3 is 70.2 Å². The Morgan fingerprint density at radius 1 is 1.09 bits per heavy atom. The van der Waals surface area contributed by atoms with Crippen LogP contribution in [0.4, 0.5) is 0 Å².